The highest BCUT2D eigenvalue weighted by Crippen LogP contribution is 2.25. The van der Waals surface area contributed by atoms with Crippen LogP contribution in [0.4, 0.5) is 5.69 Å². The summed E-state index contributed by atoms with van der Waals surface area (Å²) in [6.07, 6.45) is 0. The molecule has 0 bridgehead atoms. The van der Waals surface area contributed by atoms with E-state index in [1.54, 1.807) is 31.2 Å². The van der Waals surface area contributed by atoms with Gasteiger partial charge in [0.2, 0.25) is 0 Å². The Kier molecular flexibility index (Phi) is 3.85. The van der Waals surface area contributed by atoms with Crippen LogP contribution < -0.4 is 11.3 Å². The van der Waals surface area contributed by atoms with Crippen molar-refractivity contribution in [2.75, 3.05) is 12.3 Å². The van der Waals surface area contributed by atoms with Crippen molar-refractivity contribution in [1.82, 2.24) is 4.57 Å². The van der Waals surface area contributed by atoms with Gasteiger partial charge in [0.05, 0.1) is 17.8 Å². The van der Waals surface area contributed by atoms with E-state index in [4.69, 9.17) is 10.5 Å². The van der Waals surface area contributed by atoms with Crippen LogP contribution in [0.25, 0.3) is 16.6 Å². The van der Waals surface area contributed by atoms with Crippen molar-refractivity contribution in [2.45, 2.75) is 6.92 Å². The number of fused-ring (bicyclic) bond motifs is 1. The van der Waals surface area contributed by atoms with Crippen LogP contribution in [0.15, 0.2) is 59.4 Å². The van der Waals surface area contributed by atoms with Gasteiger partial charge in [0, 0.05) is 11.1 Å². The molecule has 0 saturated heterocycles. The summed E-state index contributed by atoms with van der Waals surface area (Å²) in [5.41, 5.74) is 6.94. The fourth-order valence-corrected chi connectivity index (χ4v) is 2.60. The fourth-order valence-electron chi connectivity index (χ4n) is 2.60. The molecule has 0 saturated carbocycles. The molecule has 5 heteroatoms. The first kappa shape index (κ1) is 14.8. The van der Waals surface area contributed by atoms with Crippen molar-refractivity contribution < 1.29 is 9.53 Å². The highest BCUT2D eigenvalue weighted by molar-refractivity contribution is 6.04. The second-order valence-corrected chi connectivity index (χ2v) is 5.00. The second-order valence-electron chi connectivity index (χ2n) is 5.00. The molecule has 23 heavy (non-hydrogen) atoms. The van der Waals surface area contributed by atoms with Crippen molar-refractivity contribution >= 4 is 22.6 Å². The van der Waals surface area contributed by atoms with E-state index >= 15 is 0 Å². The van der Waals surface area contributed by atoms with Gasteiger partial charge in [-0.1, -0.05) is 36.4 Å². The summed E-state index contributed by atoms with van der Waals surface area (Å²) in [7, 11) is 0. The number of pyridine rings is 1. The Bertz CT molecular complexity index is 930. The molecule has 0 spiro atoms. The lowest BCUT2D eigenvalue weighted by Gasteiger charge is -2.15. The maximum absolute atomic E-state index is 12.9. The molecule has 0 aliphatic carbocycles. The molecule has 3 aromatic rings. The van der Waals surface area contributed by atoms with E-state index in [2.05, 4.69) is 0 Å². The van der Waals surface area contributed by atoms with Gasteiger partial charge in [-0.3, -0.25) is 9.36 Å². The van der Waals surface area contributed by atoms with Gasteiger partial charge in [-0.2, -0.15) is 0 Å². The minimum Gasteiger partial charge on any atom is -0.462 e. The van der Waals surface area contributed by atoms with Gasteiger partial charge in [0.1, 0.15) is 5.56 Å². The van der Waals surface area contributed by atoms with Crippen LogP contribution in [-0.4, -0.2) is 17.1 Å². The first-order chi connectivity index (χ1) is 11.1. The predicted molar refractivity (Wildman–Crippen MR) is 89.9 cm³/mol. The van der Waals surface area contributed by atoms with Crippen LogP contribution in [0.5, 0.6) is 0 Å². The number of benzene rings is 2. The Balaban J connectivity index is 2.43. The molecule has 2 aromatic carbocycles. The molecule has 116 valence electrons. The number of para-hydroxylation sites is 2. The van der Waals surface area contributed by atoms with Crippen LogP contribution in [-0.2, 0) is 4.74 Å². The summed E-state index contributed by atoms with van der Waals surface area (Å²) in [5.74, 6) is -0.703. The average molecular weight is 308 g/mol. The lowest BCUT2D eigenvalue weighted by atomic mass is 10.1. The van der Waals surface area contributed by atoms with E-state index in [0.29, 0.717) is 16.6 Å². The summed E-state index contributed by atoms with van der Waals surface area (Å²) in [4.78, 5) is 25.1. The number of carbonyl (C=O) groups excluding carboxylic acids is 1. The third kappa shape index (κ3) is 2.46. The van der Waals surface area contributed by atoms with Crippen LogP contribution >= 0.6 is 0 Å². The molecule has 0 aliphatic heterocycles. The molecular weight excluding hydrogens is 292 g/mol. The zero-order valence-electron chi connectivity index (χ0n) is 12.7. The number of esters is 1. The van der Waals surface area contributed by atoms with Gasteiger partial charge >= 0.3 is 5.97 Å². The number of nitrogen functional groups attached to an aromatic ring is 1. The van der Waals surface area contributed by atoms with Gasteiger partial charge in [-0.25, -0.2) is 4.79 Å². The average Bonchev–Trinajstić information content (AvgIpc) is 2.56. The Morgan fingerprint density at radius 1 is 1.09 bits per heavy atom. The number of rotatable bonds is 3. The number of nitrogens with two attached hydrogens (primary N) is 1. The Morgan fingerprint density at radius 3 is 2.43 bits per heavy atom. The van der Waals surface area contributed by atoms with E-state index in [9.17, 15) is 9.59 Å². The monoisotopic (exact) mass is 308 g/mol. The standard InChI is InChI=1S/C18H16N2O3/c1-2-23-18(22)15-16(19)13-10-6-7-11-14(13)20(17(15)21)12-8-4-3-5-9-12/h3-11H,2,19H2,1H3. The van der Waals surface area contributed by atoms with Crippen molar-refractivity contribution in [3.63, 3.8) is 0 Å². The van der Waals surface area contributed by atoms with Crippen LogP contribution in [0.2, 0.25) is 0 Å². The molecule has 5 nitrogen and oxygen atoms in total. The number of hydrogen-bond acceptors (Lipinski definition) is 4. The topological polar surface area (TPSA) is 74.3 Å². The molecule has 0 atom stereocenters. The maximum atomic E-state index is 12.9. The molecule has 3 rings (SSSR count). The molecule has 0 unspecified atom stereocenters. The zero-order valence-corrected chi connectivity index (χ0v) is 12.7. The Morgan fingerprint density at radius 2 is 1.74 bits per heavy atom. The largest absolute Gasteiger partial charge is 0.462 e. The first-order valence-corrected chi connectivity index (χ1v) is 7.31. The van der Waals surface area contributed by atoms with Crippen LogP contribution in [0, 0.1) is 0 Å². The van der Waals surface area contributed by atoms with Crippen molar-refractivity contribution in [2.24, 2.45) is 0 Å². The number of nitrogens with zero attached hydrogens (tertiary/aromatic N) is 1. The highest BCUT2D eigenvalue weighted by Gasteiger charge is 2.22. The normalized spacial score (nSPS) is 10.7. The summed E-state index contributed by atoms with van der Waals surface area (Å²) < 4.78 is 6.48. The number of ether oxygens (including phenoxy) is 1. The summed E-state index contributed by atoms with van der Waals surface area (Å²) in [5, 5.41) is 0.638. The van der Waals surface area contributed by atoms with Gasteiger partial charge in [-0.05, 0) is 25.1 Å². The quantitative estimate of drug-likeness (QED) is 0.755. The smallest absolute Gasteiger partial charge is 0.345 e. The Labute approximate surface area is 132 Å². The van der Waals surface area contributed by atoms with E-state index in [1.165, 1.54) is 4.57 Å². The van der Waals surface area contributed by atoms with Crippen molar-refractivity contribution in [1.29, 1.82) is 0 Å². The minimum absolute atomic E-state index is 0.130. The molecular formula is C18H16N2O3. The van der Waals surface area contributed by atoms with Gasteiger partial charge in [-0.15, -0.1) is 0 Å². The summed E-state index contributed by atoms with van der Waals surface area (Å²) in [6, 6.07) is 16.4. The zero-order chi connectivity index (χ0) is 16.4. The number of anilines is 1. The van der Waals surface area contributed by atoms with Crippen LogP contribution in [0.1, 0.15) is 17.3 Å². The molecule has 0 fully saturated rings. The lowest BCUT2D eigenvalue weighted by molar-refractivity contribution is 0.0525. The van der Waals surface area contributed by atoms with Gasteiger partial charge in [0.15, 0.2) is 0 Å². The van der Waals surface area contributed by atoms with Gasteiger partial charge < -0.3 is 10.5 Å². The lowest BCUT2D eigenvalue weighted by Crippen LogP contribution is -2.28. The van der Waals surface area contributed by atoms with E-state index in [1.807, 2.05) is 30.3 Å². The predicted octanol–water partition coefficient (Wildman–Crippen LogP) is 2.75. The maximum Gasteiger partial charge on any atom is 0.345 e. The van der Waals surface area contributed by atoms with Crippen LogP contribution in [0.3, 0.4) is 0 Å². The fraction of sp³-hybridized carbons (Fsp3) is 0.111. The molecule has 0 aliphatic rings. The third-order valence-corrected chi connectivity index (χ3v) is 3.62. The van der Waals surface area contributed by atoms with E-state index < -0.39 is 11.5 Å². The third-order valence-electron chi connectivity index (χ3n) is 3.62. The molecule has 0 radical (unpaired) electrons. The summed E-state index contributed by atoms with van der Waals surface area (Å²) >= 11 is 0. The highest BCUT2D eigenvalue weighted by atomic mass is 16.5. The van der Waals surface area contributed by atoms with E-state index in [0.717, 1.165) is 0 Å². The van der Waals surface area contributed by atoms with Gasteiger partial charge in [0.25, 0.3) is 5.56 Å². The van der Waals surface area contributed by atoms with E-state index in [-0.39, 0.29) is 17.9 Å². The van der Waals surface area contributed by atoms with Crippen molar-refractivity contribution in [3.8, 4) is 5.69 Å². The Hall–Kier alpha value is -3.08. The first-order valence-electron chi connectivity index (χ1n) is 7.31. The number of aromatic nitrogens is 1. The summed E-state index contributed by atoms with van der Waals surface area (Å²) in [6.45, 7) is 1.86. The van der Waals surface area contributed by atoms with Crippen molar-refractivity contribution in [3.05, 3.63) is 70.5 Å². The molecule has 0 amide bonds. The SMILES string of the molecule is CCOC(=O)c1c(N)c2ccccc2n(-c2ccccc2)c1=O. The second kappa shape index (κ2) is 5.96. The molecule has 1 aromatic heterocycles. The number of hydrogen-bond donors (Lipinski definition) is 1. The molecule has 2 N–H and O–H groups in total. The minimum atomic E-state index is -0.703. The number of carbonyl (C=O) groups is 1. The molecule has 1 heterocycles.